The summed E-state index contributed by atoms with van der Waals surface area (Å²) in [5, 5.41) is -0.976. The lowest BCUT2D eigenvalue weighted by atomic mass is 10.2. The van der Waals surface area contributed by atoms with Crippen LogP contribution in [0.25, 0.3) is 11.2 Å². The Kier molecular flexibility index (Phi) is 11.6. The average Bonchev–Trinajstić information content (AvgIpc) is 3.46. The maximum atomic E-state index is 13.5. The second-order valence-electron chi connectivity index (χ2n) is 16.0. The lowest BCUT2D eigenvalue weighted by Gasteiger charge is -2.51. The van der Waals surface area contributed by atoms with Gasteiger partial charge in [0.05, 0.1) is 19.0 Å². The van der Waals surface area contributed by atoms with Gasteiger partial charge in [-0.15, -0.1) is 11.6 Å². The minimum absolute atomic E-state index is 0.0810. The van der Waals surface area contributed by atoms with Crippen LogP contribution >= 0.6 is 23.2 Å². The second-order valence-corrected chi connectivity index (χ2v) is 25.7. The highest BCUT2D eigenvalue weighted by Gasteiger charge is 2.61. The number of imidazole rings is 1. The van der Waals surface area contributed by atoms with E-state index in [1.165, 1.54) is 6.33 Å². The van der Waals surface area contributed by atoms with Crippen LogP contribution in [0.4, 0.5) is 15.4 Å². The van der Waals surface area contributed by atoms with E-state index in [0.717, 1.165) is 0 Å². The maximum Gasteiger partial charge on any atom is 0.425 e. The molecular weight excluding hydrogens is 709 g/mol. The summed E-state index contributed by atoms with van der Waals surface area (Å²) >= 11 is 13.7. The van der Waals surface area contributed by atoms with Crippen molar-refractivity contribution in [3.8, 4) is 0 Å². The van der Waals surface area contributed by atoms with Gasteiger partial charge in [0.2, 0.25) is 5.28 Å². The van der Waals surface area contributed by atoms with Crippen molar-refractivity contribution in [3.05, 3.63) is 11.6 Å². The number of fused-ring (bicyclic) bond motifs is 2. The van der Waals surface area contributed by atoms with Crippen LogP contribution in [0.1, 0.15) is 103 Å². The molecule has 13 nitrogen and oxygen atoms in total. The summed E-state index contributed by atoms with van der Waals surface area (Å²) in [6.45, 7) is 27.5. The SMILES string of the molecule is CC(C)[Si]1(C(C)C)OC[C@H]2O[C@@H](n3cnc4c(N(C(=O)OC(C)(C)C)C(=O)OC(C)(C)C)nc(Cl)nc43)[C@@H](Cl)[C@@H]2O[Si](C(C)C)(C(C)C)O1. The Hall–Kier alpha value is -1.86. The summed E-state index contributed by atoms with van der Waals surface area (Å²) < 4.78 is 40.8. The number of hydrogen-bond donors (Lipinski definition) is 0. The van der Waals surface area contributed by atoms with Crippen LogP contribution in [0.2, 0.25) is 27.4 Å². The summed E-state index contributed by atoms with van der Waals surface area (Å²) in [7, 11) is -5.80. The molecule has 0 N–H and O–H groups in total. The number of hydrogen-bond acceptors (Lipinski definition) is 11. The molecule has 276 valence electrons. The molecule has 0 saturated carbocycles. The fourth-order valence-corrected chi connectivity index (χ4v) is 18.3. The third-order valence-corrected chi connectivity index (χ3v) is 19.5. The predicted octanol–water partition coefficient (Wildman–Crippen LogP) is 8.62. The zero-order chi connectivity index (χ0) is 37.0. The van der Waals surface area contributed by atoms with Crippen molar-refractivity contribution in [1.82, 2.24) is 19.5 Å². The number of carbonyl (C=O) groups is 2. The van der Waals surface area contributed by atoms with Gasteiger partial charge in [-0.1, -0.05) is 55.4 Å². The van der Waals surface area contributed by atoms with Crippen LogP contribution in [0.3, 0.4) is 0 Å². The monoisotopic (exact) mass is 761 g/mol. The molecule has 2 saturated heterocycles. The van der Waals surface area contributed by atoms with Crippen molar-refractivity contribution in [2.24, 2.45) is 0 Å². The summed E-state index contributed by atoms with van der Waals surface area (Å²) in [5.41, 5.74) is -1.11. The molecule has 2 aromatic rings. The number of imide groups is 1. The number of amides is 2. The molecule has 4 heterocycles. The number of nitrogens with zero attached hydrogens (tertiary/aromatic N) is 5. The van der Waals surface area contributed by atoms with Crippen molar-refractivity contribution in [2.75, 3.05) is 11.5 Å². The van der Waals surface area contributed by atoms with E-state index in [2.05, 4.69) is 70.3 Å². The first kappa shape index (κ1) is 39.9. The van der Waals surface area contributed by atoms with E-state index in [9.17, 15) is 9.59 Å². The van der Waals surface area contributed by atoms with Crippen LogP contribution in [0, 0.1) is 0 Å². The fraction of sp³-hybridized carbons (Fsp3) is 0.781. The Balaban J connectivity index is 1.82. The Labute approximate surface area is 302 Å². The number of anilines is 1. The lowest BCUT2D eigenvalue weighted by Crippen LogP contribution is -2.65. The van der Waals surface area contributed by atoms with Gasteiger partial charge >= 0.3 is 29.3 Å². The Bertz CT molecular complexity index is 1480. The van der Waals surface area contributed by atoms with E-state index < -0.39 is 64.3 Å². The van der Waals surface area contributed by atoms with Gasteiger partial charge in [0.25, 0.3) is 0 Å². The quantitative estimate of drug-likeness (QED) is 0.159. The zero-order valence-electron chi connectivity index (χ0n) is 31.2. The Morgan fingerprint density at radius 1 is 0.898 bits per heavy atom. The number of rotatable bonds is 6. The van der Waals surface area contributed by atoms with E-state index in [1.54, 1.807) is 46.1 Å². The van der Waals surface area contributed by atoms with Gasteiger partial charge < -0.3 is 27.2 Å². The lowest BCUT2D eigenvalue weighted by molar-refractivity contribution is -0.0544. The molecule has 0 bridgehead atoms. The minimum atomic E-state index is -2.98. The molecule has 4 atom stereocenters. The molecule has 2 aromatic heterocycles. The summed E-state index contributed by atoms with van der Waals surface area (Å²) in [6.07, 6.45) is -2.51. The van der Waals surface area contributed by atoms with Crippen LogP contribution < -0.4 is 4.90 Å². The predicted molar refractivity (Wildman–Crippen MR) is 193 cm³/mol. The molecule has 2 aliphatic rings. The molecule has 4 rings (SSSR count). The molecule has 0 aliphatic carbocycles. The van der Waals surface area contributed by atoms with Crippen molar-refractivity contribution in [1.29, 1.82) is 0 Å². The van der Waals surface area contributed by atoms with Gasteiger partial charge in [-0.2, -0.15) is 14.9 Å². The molecule has 0 radical (unpaired) electrons. The van der Waals surface area contributed by atoms with Crippen molar-refractivity contribution >= 4 is 69.5 Å². The number of alkyl halides is 1. The van der Waals surface area contributed by atoms with E-state index >= 15 is 0 Å². The van der Waals surface area contributed by atoms with E-state index in [0.29, 0.717) is 4.90 Å². The number of ether oxygens (including phenoxy) is 3. The molecule has 49 heavy (non-hydrogen) atoms. The van der Waals surface area contributed by atoms with Gasteiger partial charge in [0.1, 0.15) is 22.7 Å². The fourth-order valence-electron chi connectivity index (χ4n) is 6.41. The molecule has 0 spiro atoms. The number of aromatic nitrogens is 4. The zero-order valence-corrected chi connectivity index (χ0v) is 34.7. The molecule has 0 aromatic carbocycles. The van der Waals surface area contributed by atoms with E-state index in [-0.39, 0.29) is 51.0 Å². The van der Waals surface area contributed by atoms with Crippen LogP contribution in [-0.4, -0.2) is 84.2 Å². The van der Waals surface area contributed by atoms with Crippen LogP contribution in [0.5, 0.6) is 0 Å². The standard InChI is InChI=1S/C32H53Cl2N5O8Si2/c1-17(2)48(18(3)4)42-15-21-24(46-49(47-48,19(5)6)20(7)8)22(33)27(43-21)38-16-35-23-25(38)36-28(34)37-26(23)39(29(40)44-31(9,10)11)30(41)45-32(12,13)14/h16-22,24,27H,15H2,1-14H3/t21-,22+,24-,27-/m1/s1. The third-order valence-electron chi connectivity index (χ3n) is 8.61. The molecular formula is C32H53Cl2N5O8Si2. The second kappa shape index (κ2) is 14.3. The summed E-state index contributed by atoms with van der Waals surface area (Å²) in [5.74, 6) is -0.212. The Morgan fingerprint density at radius 2 is 1.41 bits per heavy atom. The van der Waals surface area contributed by atoms with Gasteiger partial charge in [-0.3, -0.25) is 4.57 Å². The van der Waals surface area contributed by atoms with E-state index in [4.69, 9.17) is 50.4 Å². The highest BCUT2D eigenvalue weighted by Crippen LogP contribution is 2.49. The molecule has 17 heteroatoms. The first-order valence-corrected chi connectivity index (χ1v) is 21.7. The normalized spacial score (nSPS) is 24.3. The third kappa shape index (κ3) is 7.98. The molecule has 2 amide bonds. The highest BCUT2D eigenvalue weighted by molar-refractivity contribution is 6.84. The average molecular weight is 763 g/mol. The smallest absolute Gasteiger partial charge is 0.425 e. The Morgan fingerprint density at radius 3 is 1.88 bits per heavy atom. The molecule has 2 aliphatic heterocycles. The van der Waals surface area contributed by atoms with Crippen LogP contribution in [0.15, 0.2) is 6.33 Å². The van der Waals surface area contributed by atoms with Gasteiger partial charge in [0.15, 0.2) is 23.2 Å². The number of carbonyl (C=O) groups excluding carboxylic acids is 2. The van der Waals surface area contributed by atoms with E-state index in [1.807, 2.05) is 0 Å². The largest absolute Gasteiger partial charge is 0.443 e. The van der Waals surface area contributed by atoms with Gasteiger partial charge in [-0.25, -0.2) is 14.6 Å². The molecule has 0 unspecified atom stereocenters. The van der Waals surface area contributed by atoms with Crippen molar-refractivity contribution in [3.63, 3.8) is 0 Å². The first-order valence-electron chi connectivity index (χ1n) is 16.9. The van der Waals surface area contributed by atoms with Crippen molar-refractivity contribution in [2.45, 2.75) is 154 Å². The maximum absolute atomic E-state index is 13.5. The topological polar surface area (TPSA) is 136 Å². The summed E-state index contributed by atoms with van der Waals surface area (Å²) in [4.78, 5) is 40.9. The van der Waals surface area contributed by atoms with Crippen molar-refractivity contribution < 1.29 is 36.8 Å². The number of halogens is 2. The van der Waals surface area contributed by atoms with Gasteiger partial charge in [0, 0.05) is 0 Å². The van der Waals surface area contributed by atoms with Gasteiger partial charge in [-0.05, 0) is 75.3 Å². The first-order chi connectivity index (χ1) is 22.4. The molecule has 2 fully saturated rings. The minimum Gasteiger partial charge on any atom is -0.443 e. The van der Waals surface area contributed by atoms with Crippen LogP contribution in [-0.2, 0) is 27.2 Å². The summed E-state index contributed by atoms with van der Waals surface area (Å²) in [6, 6.07) is 0. The highest BCUT2D eigenvalue weighted by atomic mass is 35.5.